The SMILES string of the molecule is CC(=O)c1ccc(Cn2nnc3c(=O)[nH]c(C(=O)Nc4ccc(F)cc4)nc32)cc1. The summed E-state index contributed by atoms with van der Waals surface area (Å²) in [5.41, 5.74) is 1.26. The molecule has 0 saturated carbocycles. The first-order valence-electron chi connectivity index (χ1n) is 8.91. The zero-order valence-electron chi connectivity index (χ0n) is 15.7. The fraction of sp³-hybridized carbons (Fsp3) is 0.100. The Bertz CT molecular complexity index is 1310. The van der Waals surface area contributed by atoms with Gasteiger partial charge in [-0.3, -0.25) is 14.4 Å². The van der Waals surface area contributed by atoms with Gasteiger partial charge in [0, 0.05) is 11.3 Å². The number of aromatic amines is 1. The molecule has 0 spiro atoms. The highest BCUT2D eigenvalue weighted by molar-refractivity contribution is 6.02. The van der Waals surface area contributed by atoms with E-state index in [2.05, 4.69) is 25.6 Å². The Kier molecular flexibility index (Phi) is 4.88. The van der Waals surface area contributed by atoms with E-state index in [-0.39, 0.29) is 29.3 Å². The number of benzene rings is 2. The number of nitrogens with one attached hydrogen (secondary N) is 2. The summed E-state index contributed by atoms with van der Waals surface area (Å²) in [5, 5.41) is 10.3. The maximum absolute atomic E-state index is 13.0. The number of H-pyrrole nitrogens is 1. The molecule has 2 aromatic carbocycles. The Morgan fingerprint density at radius 1 is 1.10 bits per heavy atom. The lowest BCUT2D eigenvalue weighted by atomic mass is 10.1. The van der Waals surface area contributed by atoms with Crippen LogP contribution >= 0.6 is 0 Å². The molecule has 0 unspecified atom stereocenters. The predicted octanol–water partition coefficient (Wildman–Crippen LogP) is 2.16. The van der Waals surface area contributed by atoms with Crippen molar-refractivity contribution in [3.63, 3.8) is 0 Å². The topological polar surface area (TPSA) is 123 Å². The number of Topliss-reactive ketones (excluding diaryl/α,β-unsaturated/α-hetero) is 1. The summed E-state index contributed by atoms with van der Waals surface area (Å²) in [6.07, 6.45) is 0. The van der Waals surface area contributed by atoms with Gasteiger partial charge in [-0.05, 0) is 36.8 Å². The molecule has 0 atom stereocenters. The number of rotatable bonds is 5. The number of amides is 1. The number of nitrogens with zero attached hydrogens (tertiary/aromatic N) is 4. The van der Waals surface area contributed by atoms with Crippen LogP contribution in [0.15, 0.2) is 53.3 Å². The summed E-state index contributed by atoms with van der Waals surface area (Å²) in [6.45, 7) is 1.72. The zero-order chi connectivity index (χ0) is 21.3. The van der Waals surface area contributed by atoms with Gasteiger partial charge in [-0.1, -0.05) is 29.5 Å². The molecule has 4 rings (SSSR count). The minimum absolute atomic E-state index is 0.00584. The van der Waals surface area contributed by atoms with Gasteiger partial charge in [-0.2, -0.15) is 0 Å². The Morgan fingerprint density at radius 2 is 1.80 bits per heavy atom. The minimum atomic E-state index is -0.667. The highest BCUT2D eigenvalue weighted by Crippen LogP contribution is 2.12. The molecule has 4 aromatic rings. The molecule has 0 aliphatic rings. The number of anilines is 1. The van der Waals surface area contributed by atoms with Crippen LogP contribution in [0.25, 0.3) is 11.2 Å². The van der Waals surface area contributed by atoms with E-state index in [1.165, 1.54) is 35.9 Å². The molecule has 10 heteroatoms. The predicted molar refractivity (Wildman–Crippen MR) is 106 cm³/mol. The summed E-state index contributed by atoms with van der Waals surface area (Å²) in [5.74, 6) is -1.38. The maximum Gasteiger partial charge on any atom is 0.291 e. The van der Waals surface area contributed by atoms with Gasteiger partial charge >= 0.3 is 0 Å². The summed E-state index contributed by atoms with van der Waals surface area (Å²) in [4.78, 5) is 42.7. The first-order valence-corrected chi connectivity index (χ1v) is 8.91. The van der Waals surface area contributed by atoms with Crippen molar-refractivity contribution in [2.45, 2.75) is 13.5 Å². The average molecular weight is 406 g/mol. The van der Waals surface area contributed by atoms with E-state index in [1.54, 1.807) is 24.3 Å². The van der Waals surface area contributed by atoms with Crippen LogP contribution in [0, 0.1) is 5.82 Å². The van der Waals surface area contributed by atoms with Crippen LogP contribution < -0.4 is 10.9 Å². The number of hydrogen-bond acceptors (Lipinski definition) is 6. The quantitative estimate of drug-likeness (QED) is 0.490. The second-order valence-corrected chi connectivity index (χ2v) is 6.55. The lowest BCUT2D eigenvalue weighted by molar-refractivity contribution is 0.100. The number of aromatic nitrogens is 5. The molecular weight excluding hydrogens is 391 g/mol. The van der Waals surface area contributed by atoms with Crippen molar-refractivity contribution in [1.29, 1.82) is 0 Å². The molecule has 1 amide bonds. The van der Waals surface area contributed by atoms with Crippen molar-refractivity contribution >= 4 is 28.5 Å². The molecule has 30 heavy (non-hydrogen) atoms. The van der Waals surface area contributed by atoms with Crippen LogP contribution in [-0.4, -0.2) is 36.7 Å². The first kappa shape index (κ1) is 19.1. The van der Waals surface area contributed by atoms with Gasteiger partial charge in [0.1, 0.15) is 5.82 Å². The lowest BCUT2D eigenvalue weighted by Gasteiger charge is -2.06. The third-order valence-corrected chi connectivity index (χ3v) is 4.38. The second-order valence-electron chi connectivity index (χ2n) is 6.55. The van der Waals surface area contributed by atoms with Crippen LogP contribution in [-0.2, 0) is 6.54 Å². The Hall–Kier alpha value is -4.21. The van der Waals surface area contributed by atoms with Crippen molar-refractivity contribution in [3.8, 4) is 0 Å². The van der Waals surface area contributed by atoms with E-state index >= 15 is 0 Å². The van der Waals surface area contributed by atoms with E-state index in [4.69, 9.17) is 0 Å². The van der Waals surface area contributed by atoms with E-state index in [0.717, 1.165) is 5.56 Å². The number of ketones is 1. The molecule has 2 aromatic heterocycles. The van der Waals surface area contributed by atoms with Crippen LogP contribution in [0.1, 0.15) is 33.5 Å². The number of carbonyl (C=O) groups excluding carboxylic acids is 2. The van der Waals surface area contributed by atoms with Gasteiger partial charge in [-0.25, -0.2) is 14.1 Å². The van der Waals surface area contributed by atoms with Gasteiger partial charge in [0.05, 0.1) is 6.54 Å². The number of halogens is 1. The molecule has 0 bridgehead atoms. The van der Waals surface area contributed by atoms with E-state index < -0.39 is 17.3 Å². The van der Waals surface area contributed by atoms with Crippen molar-refractivity contribution in [3.05, 3.63) is 81.7 Å². The smallest absolute Gasteiger partial charge is 0.291 e. The van der Waals surface area contributed by atoms with Crippen molar-refractivity contribution in [2.75, 3.05) is 5.32 Å². The second kappa shape index (κ2) is 7.66. The maximum atomic E-state index is 13.0. The normalized spacial score (nSPS) is 10.9. The third-order valence-electron chi connectivity index (χ3n) is 4.38. The molecule has 0 aliphatic heterocycles. The Balaban J connectivity index is 1.63. The standard InChI is InChI=1S/C20H15FN6O3/c1-11(28)13-4-2-12(3-5-13)10-27-18-16(25-26-27)19(29)24-17(23-18)20(30)22-15-8-6-14(21)7-9-15/h2-9H,10H2,1H3,(H,22,30)(H,23,24,29). The van der Waals surface area contributed by atoms with Gasteiger partial charge in [0.2, 0.25) is 5.82 Å². The van der Waals surface area contributed by atoms with E-state index in [9.17, 15) is 18.8 Å². The number of hydrogen-bond donors (Lipinski definition) is 2. The van der Waals surface area contributed by atoms with Crippen LogP contribution in [0.2, 0.25) is 0 Å². The molecule has 0 saturated heterocycles. The van der Waals surface area contributed by atoms with Crippen molar-refractivity contribution < 1.29 is 14.0 Å². The summed E-state index contributed by atoms with van der Waals surface area (Å²) in [7, 11) is 0. The molecule has 150 valence electrons. The molecule has 0 aliphatic carbocycles. The van der Waals surface area contributed by atoms with Gasteiger partial charge < -0.3 is 10.3 Å². The fourth-order valence-corrected chi connectivity index (χ4v) is 2.82. The lowest BCUT2D eigenvalue weighted by Crippen LogP contribution is -2.21. The van der Waals surface area contributed by atoms with Crippen molar-refractivity contribution in [2.24, 2.45) is 0 Å². The highest BCUT2D eigenvalue weighted by Gasteiger charge is 2.17. The van der Waals surface area contributed by atoms with Crippen LogP contribution in [0.3, 0.4) is 0 Å². The molecule has 0 fully saturated rings. The summed E-state index contributed by atoms with van der Waals surface area (Å²) in [6, 6.07) is 12.1. The summed E-state index contributed by atoms with van der Waals surface area (Å²) < 4.78 is 14.4. The van der Waals surface area contributed by atoms with E-state index in [1.807, 2.05) is 0 Å². The van der Waals surface area contributed by atoms with E-state index in [0.29, 0.717) is 11.3 Å². The number of carbonyl (C=O) groups is 2. The fourth-order valence-electron chi connectivity index (χ4n) is 2.82. The molecular formula is C20H15FN6O3. The van der Waals surface area contributed by atoms with Crippen LogP contribution in [0.4, 0.5) is 10.1 Å². The summed E-state index contributed by atoms with van der Waals surface area (Å²) >= 11 is 0. The molecule has 0 radical (unpaired) electrons. The highest BCUT2D eigenvalue weighted by atomic mass is 19.1. The Labute approximate surface area is 168 Å². The Morgan fingerprint density at radius 3 is 2.47 bits per heavy atom. The molecule has 2 heterocycles. The average Bonchev–Trinajstić information content (AvgIpc) is 3.13. The monoisotopic (exact) mass is 406 g/mol. The number of fused-ring (bicyclic) bond motifs is 1. The minimum Gasteiger partial charge on any atom is -0.319 e. The molecule has 2 N–H and O–H groups in total. The van der Waals surface area contributed by atoms with Crippen LogP contribution in [0.5, 0.6) is 0 Å². The largest absolute Gasteiger partial charge is 0.319 e. The van der Waals surface area contributed by atoms with Gasteiger partial charge in [0.15, 0.2) is 16.9 Å². The van der Waals surface area contributed by atoms with Gasteiger partial charge in [-0.15, -0.1) is 5.10 Å². The molecule has 9 nitrogen and oxygen atoms in total. The third kappa shape index (κ3) is 3.83. The zero-order valence-corrected chi connectivity index (χ0v) is 15.7. The van der Waals surface area contributed by atoms with Crippen molar-refractivity contribution in [1.82, 2.24) is 25.0 Å². The first-order chi connectivity index (χ1) is 14.4. The van der Waals surface area contributed by atoms with Gasteiger partial charge in [0.25, 0.3) is 11.5 Å².